The van der Waals surface area contributed by atoms with Gasteiger partial charge >= 0.3 is 0 Å². The first-order valence-corrected chi connectivity index (χ1v) is 8.10. The molecule has 0 spiro atoms. The molecule has 1 heterocycles. The normalized spacial score (nSPS) is 16.8. The number of benzene rings is 1. The fourth-order valence-corrected chi connectivity index (χ4v) is 2.70. The Labute approximate surface area is 148 Å². The standard InChI is InChI=1S/C17H24FN3O2.ClH/c1-2-21(17(23)14-4-3-9-19-11-14)12-16(22)20-10-13-5-7-15(18)8-6-13;/h5-8,14,19H,2-4,9-12H2,1H3,(H,20,22);1H. The Bertz CT molecular complexity index is 533. The number of carbonyl (C=O) groups excluding carboxylic acids is 2. The smallest absolute Gasteiger partial charge is 0.239 e. The van der Waals surface area contributed by atoms with E-state index in [0.29, 0.717) is 19.6 Å². The summed E-state index contributed by atoms with van der Waals surface area (Å²) >= 11 is 0. The SMILES string of the molecule is CCN(CC(=O)NCc1ccc(F)cc1)C(=O)C1CCCNC1.Cl. The Morgan fingerprint density at radius 3 is 2.62 bits per heavy atom. The number of likely N-dealkylation sites (N-methyl/N-ethyl adjacent to an activating group) is 1. The molecule has 0 radical (unpaired) electrons. The maximum absolute atomic E-state index is 12.8. The lowest BCUT2D eigenvalue weighted by Crippen LogP contribution is -2.46. The van der Waals surface area contributed by atoms with Gasteiger partial charge in [0.1, 0.15) is 5.82 Å². The fourth-order valence-electron chi connectivity index (χ4n) is 2.70. The van der Waals surface area contributed by atoms with Crippen molar-refractivity contribution in [2.24, 2.45) is 5.92 Å². The monoisotopic (exact) mass is 357 g/mol. The molecule has 1 aliphatic rings. The number of nitrogens with one attached hydrogen (secondary N) is 2. The van der Waals surface area contributed by atoms with Crippen LogP contribution in [0.2, 0.25) is 0 Å². The second-order valence-corrected chi connectivity index (χ2v) is 5.80. The summed E-state index contributed by atoms with van der Waals surface area (Å²) in [5, 5.41) is 5.99. The van der Waals surface area contributed by atoms with Crippen LogP contribution in [-0.4, -0.2) is 42.9 Å². The number of nitrogens with zero attached hydrogens (tertiary/aromatic N) is 1. The van der Waals surface area contributed by atoms with Crippen molar-refractivity contribution in [3.63, 3.8) is 0 Å². The van der Waals surface area contributed by atoms with Gasteiger partial charge in [-0.15, -0.1) is 12.4 Å². The molecule has 2 amide bonds. The third-order valence-electron chi connectivity index (χ3n) is 4.08. The number of amides is 2. The van der Waals surface area contributed by atoms with Gasteiger partial charge in [-0.3, -0.25) is 9.59 Å². The molecule has 24 heavy (non-hydrogen) atoms. The van der Waals surface area contributed by atoms with E-state index < -0.39 is 0 Å². The first kappa shape index (κ1) is 20.4. The van der Waals surface area contributed by atoms with Gasteiger partial charge in [-0.05, 0) is 44.0 Å². The van der Waals surface area contributed by atoms with Gasteiger partial charge in [-0.1, -0.05) is 12.1 Å². The van der Waals surface area contributed by atoms with Gasteiger partial charge in [0.25, 0.3) is 0 Å². The summed E-state index contributed by atoms with van der Waals surface area (Å²) in [7, 11) is 0. The summed E-state index contributed by atoms with van der Waals surface area (Å²) in [6.07, 6.45) is 1.87. The maximum Gasteiger partial charge on any atom is 0.239 e. The van der Waals surface area contributed by atoms with Crippen molar-refractivity contribution in [1.82, 2.24) is 15.5 Å². The quantitative estimate of drug-likeness (QED) is 0.814. The Kier molecular flexibility index (Phi) is 8.71. The third-order valence-corrected chi connectivity index (χ3v) is 4.08. The molecule has 2 N–H and O–H groups in total. The molecule has 1 aromatic carbocycles. The van der Waals surface area contributed by atoms with Crippen LogP contribution in [0.25, 0.3) is 0 Å². The van der Waals surface area contributed by atoms with E-state index in [2.05, 4.69) is 10.6 Å². The summed E-state index contributed by atoms with van der Waals surface area (Å²) in [6, 6.07) is 5.98. The van der Waals surface area contributed by atoms with Crippen molar-refractivity contribution < 1.29 is 14.0 Å². The molecule has 1 aromatic rings. The number of hydrogen-bond donors (Lipinski definition) is 2. The molecule has 1 atom stereocenters. The number of carbonyl (C=O) groups is 2. The van der Waals surface area contributed by atoms with Gasteiger partial charge in [-0.25, -0.2) is 4.39 Å². The zero-order valence-electron chi connectivity index (χ0n) is 13.9. The van der Waals surface area contributed by atoms with Crippen LogP contribution in [0.15, 0.2) is 24.3 Å². The maximum atomic E-state index is 12.8. The van der Waals surface area contributed by atoms with Crippen LogP contribution < -0.4 is 10.6 Å². The van der Waals surface area contributed by atoms with Crippen LogP contribution in [0.3, 0.4) is 0 Å². The van der Waals surface area contributed by atoms with Gasteiger partial charge < -0.3 is 15.5 Å². The molecule has 1 fully saturated rings. The highest BCUT2D eigenvalue weighted by molar-refractivity contribution is 5.86. The third kappa shape index (κ3) is 6.09. The predicted molar refractivity (Wildman–Crippen MR) is 93.3 cm³/mol. The second-order valence-electron chi connectivity index (χ2n) is 5.80. The Balaban J connectivity index is 0.00000288. The predicted octanol–water partition coefficient (Wildman–Crippen LogP) is 1.71. The molecule has 0 bridgehead atoms. The average Bonchev–Trinajstić information content (AvgIpc) is 2.59. The van der Waals surface area contributed by atoms with Crippen LogP contribution in [0.1, 0.15) is 25.3 Å². The van der Waals surface area contributed by atoms with Crippen molar-refractivity contribution >= 4 is 24.2 Å². The largest absolute Gasteiger partial charge is 0.350 e. The molecule has 0 aromatic heterocycles. The number of rotatable bonds is 6. The Morgan fingerprint density at radius 1 is 1.33 bits per heavy atom. The van der Waals surface area contributed by atoms with Crippen LogP contribution >= 0.6 is 12.4 Å². The molecule has 7 heteroatoms. The van der Waals surface area contributed by atoms with E-state index in [9.17, 15) is 14.0 Å². The minimum atomic E-state index is -0.302. The minimum absolute atomic E-state index is 0. The van der Waals surface area contributed by atoms with Crippen molar-refractivity contribution in [3.8, 4) is 0 Å². The van der Waals surface area contributed by atoms with E-state index in [-0.39, 0.29) is 42.5 Å². The summed E-state index contributed by atoms with van der Waals surface area (Å²) < 4.78 is 12.8. The van der Waals surface area contributed by atoms with Crippen molar-refractivity contribution in [3.05, 3.63) is 35.6 Å². The number of piperidine rings is 1. The Hall–Kier alpha value is -1.66. The van der Waals surface area contributed by atoms with Gasteiger partial charge in [-0.2, -0.15) is 0 Å². The zero-order chi connectivity index (χ0) is 16.7. The van der Waals surface area contributed by atoms with Crippen molar-refractivity contribution in [1.29, 1.82) is 0 Å². The first-order chi connectivity index (χ1) is 11.1. The van der Waals surface area contributed by atoms with Crippen LogP contribution in [0.5, 0.6) is 0 Å². The summed E-state index contributed by atoms with van der Waals surface area (Å²) in [6.45, 7) is 4.42. The van der Waals surface area contributed by atoms with E-state index >= 15 is 0 Å². The lowest BCUT2D eigenvalue weighted by Gasteiger charge is -2.28. The van der Waals surface area contributed by atoms with E-state index in [1.807, 2.05) is 6.92 Å². The average molecular weight is 358 g/mol. The van der Waals surface area contributed by atoms with Crippen molar-refractivity contribution in [2.75, 3.05) is 26.2 Å². The molecule has 0 aliphatic carbocycles. The summed E-state index contributed by atoms with van der Waals surface area (Å²) in [5.74, 6) is -0.498. The Morgan fingerprint density at radius 2 is 2.04 bits per heavy atom. The van der Waals surface area contributed by atoms with Gasteiger partial charge in [0.2, 0.25) is 11.8 Å². The fraction of sp³-hybridized carbons (Fsp3) is 0.529. The lowest BCUT2D eigenvalue weighted by atomic mass is 9.98. The molecule has 1 unspecified atom stereocenters. The molecule has 5 nitrogen and oxygen atoms in total. The van der Waals surface area contributed by atoms with E-state index in [4.69, 9.17) is 0 Å². The lowest BCUT2D eigenvalue weighted by molar-refractivity contribution is -0.139. The topological polar surface area (TPSA) is 61.4 Å². The molecule has 1 saturated heterocycles. The van der Waals surface area contributed by atoms with E-state index in [1.54, 1.807) is 17.0 Å². The molecular weight excluding hydrogens is 333 g/mol. The van der Waals surface area contributed by atoms with E-state index in [0.717, 1.165) is 24.9 Å². The summed E-state index contributed by atoms with van der Waals surface area (Å²) in [5.41, 5.74) is 0.825. The molecule has 134 valence electrons. The number of hydrogen-bond acceptors (Lipinski definition) is 3. The van der Waals surface area contributed by atoms with Gasteiger partial charge in [0, 0.05) is 19.6 Å². The second kappa shape index (κ2) is 10.3. The zero-order valence-corrected chi connectivity index (χ0v) is 14.7. The van der Waals surface area contributed by atoms with Crippen LogP contribution in [0.4, 0.5) is 4.39 Å². The molecular formula is C17H25ClFN3O2. The molecule has 0 saturated carbocycles. The highest BCUT2D eigenvalue weighted by Gasteiger charge is 2.26. The highest BCUT2D eigenvalue weighted by Crippen LogP contribution is 2.13. The summed E-state index contributed by atoms with van der Waals surface area (Å²) in [4.78, 5) is 26.1. The van der Waals surface area contributed by atoms with Crippen LogP contribution in [0, 0.1) is 11.7 Å². The highest BCUT2D eigenvalue weighted by atomic mass is 35.5. The van der Waals surface area contributed by atoms with Crippen LogP contribution in [-0.2, 0) is 16.1 Å². The first-order valence-electron chi connectivity index (χ1n) is 8.10. The van der Waals surface area contributed by atoms with Gasteiger partial charge in [0.05, 0.1) is 12.5 Å². The van der Waals surface area contributed by atoms with E-state index in [1.165, 1.54) is 12.1 Å². The van der Waals surface area contributed by atoms with Gasteiger partial charge in [0.15, 0.2) is 0 Å². The molecule has 2 rings (SSSR count). The minimum Gasteiger partial charge on any atom is -0.350 e. The van der Waals surface area contributed by atoms with Crippen molar-refractivity contribution in [2.45, 2.75) is 26.3 Å². The number of halogens is 2. The molecule has 1 aliphatic heterocycles.